The Hall–Kier alpha value is -1.81. The van der Waals surface area contributed by atoms with Gasteiger partial charge >= 0.3 is 0 Å². The number of anilines is 1. The van der Waals surface area contributed by atoms with Gasteiger partial charge in [-0.25, -0.2) is 0 Å². The zero-order chi connectivity index (χ0) is 13.0. The first-order valence-corrected chi connectivity index (χ1v) is 6.17. The second-order valence-corrected chi connectivity index (χ2v) is 4.36. The van der Waals surface area contributed by atoms with Crippen LogP contribution in [0.25, 0.3) is 0 Å². The first-order chi connectivity index (χ1) is 8.69. The number of carbonyl (C=O) groups excluding carboxylic acids is 1. The fourth-order valence-electron chi connectivity index (χ4n) is 1.60. The van der Waals surface area contributed by atoms with E-state index in [-0.39, 0.29) is 5.91 Å². The third-order valence-corrected chi connectivity index (χ3v) is 2.64. The summed E-state index contributed by atoms with van der Waals surface area (Å²) in [6, 6.07) is 8.73. The summed E-state index contributed by atoms with van der Waals surface area (Å²) in [5, 5.41) is 7.53. The fourth-order valence-corrected chi connectivity index (χ4v) is 1.79. The normalized spacial score (nSPS) is 10.3. The second kappa shape index (κ2) is 5.69. The van der Waals surface area contributed by atoms with E-state index in [1.165, 1.54) is 0 Å². The van der Waals surface area contributed by atoms with E-state index < -0.39 is 0 Å². The Bertz CT molecular complexity index is 551. The first-order valence-electron chi connectivity index (χ1n) is 5.79. The molecule has 1 N–H and O–H groups in total. The zero-order valence-corrected chi connectivity index (χ0v) is 10.8. The quantitative estimate of drug-likeness (QED) is 0.921. The van der Waals surface area contributed by atoms with E-state index in [2.05, 4.69) is 17.3 Å². The molecule has 1 amide bonds. The van der Waals surface area contributed by atoms with E-state index in [1.807, 2.05) is 0 Å². The predicted molar refractivity (Wildman–Crippen MR) is 71.9 cm³/mol. The number of amides is 1. The summed E-state index contributed by atoms with van der Waals surface area (Å²) in [5.74, 6) is -0.230. The van der Waals surface area contributed by atoms with Gasteiger partial charge in [0.2, 0.25) is 0 Å². The number of nitrogens with one attached hydrogen (secondary N) is 1. The molecule has 0 saturated heterocycles. The number of halogens is 1. The van der Waals surface area contributed by atoms with Gasteiger partial charge in [-0.1, -0.05) is 24.6 Å². The summed E-state index contributed by atoms with van der Waals surface area (Å²) >= 11 is 5.85. The molecule has 0 aliphatic carbocycles. The molecule has 18 heavy (non-hydrogen) atoms. The van der Waals surface area contributed by atoms with Gasteiger partial charge in [-0.15, -0.1) is 0 Å². The molecule has 0 bridgehead atoms. The van der Waals surface area contributed by atoms with Gasteiger partial charge in [-0.05, 0) is 30.7 Å². The van der Waals surface area contributed by atoms with Crippen molar-refractivity contribution in [1.82, 2.24) is 9.78 Å². The minimum absolute atomic E-state index is 0.230. The number of benzene rings is 1. The second-order valence-electron chi connectivity index (χ2n) is 3.93. The minimum atomic E-state index is -0.230. The lowest BCUT2D eigenvalue weighted by molar-refractivity contribution is 0.102. The highest BCUT2D eigenvalue weighted by molar-refractivity contribution is 6.30. The number of hydrogen-bond donors (Lipinski definition) is 1. The molecule has 5 heteroatoms. The lowest BCUT2D eigenvalue weighted by atomic mass is 10.3. The topological polar surface area (TPSA) is 46.9 Å². The summed E-state index contributed by atoms with van der Waals surface area (Å²) < 4.78 is 1.76. The van der Waals surface area contributed by atoms with Gasteiger partial charge in [0.25, 0.3) is 5.91 Å². The van der Waals surface area contributed by atoms with Crippen molar-refractivity contribution in [3.63, 3.8) is 0 Å². The van der Waals surface area contributed by atoms with E-state index in [4.69, 9.17) is 11.6 Å². The van der Waals surface area contributed by atoms with Crippen molar-refractivity contribution in [2.24, 2.45) is 0 Å². The van der Waals surface area contributed by atoms with E-state index in [0.717, 1.165) is 13.0 Å². The van der Waals surface area contributed by atoms with Crippen molar-refractivity contribution in [2.75, 3.05) is 5.32 Å². The molecule has 94 valence electrons. The van der Waals surface area contributed by atoms with E-state index in [9.17, 15) is 4.79 Å². The Morgan fingerprint density at radius 2 is 2.28 bits per heavy atom. The molecule has 0 aliphatic heterocycles. The van der Waals surface area contributed by atoms with Crippen LogP contribution >= 0.6 is 11.6 Å². The van der Waals surface area contributed by atoms with Crippen molar-refractivity contribution in [2.45, 2.75) is 19.9 Å². The van der Waals surface area contributed by atoms with Crippen molar-refractivity contribution in [1.29, 1.82) is 0 Å². The molecule has 0 radical (unpaired) electrons. The summed E-state index contributed by atoms with van der Waals surface area (Å²) in [4.78, 5) is 11.9. The minimum Gasteiger partial charge on any atom is -0.321 e. The van der Waals surface area contributed by atoms with Crippen LogP contribution in [0, 0.1) is 0 Å². The van der Waals surface area contributed by atoms with Crippen molar-refractivity contribution in [3.8, 4) is 0 Å². The number of rotatable bonds is 4. The van der Waals surface area contributed by atoms with Crippen LogP contribution in [0.4, 0.5) is 5.69 Å². The summed E-state index contributed by atoms with van der Waals surface area (Å²) in [6.07, 6.45) is 2.79. The van der Waals surface area contributed by atoms with Gasteiger partial charge in [0.05, 0.1) is 0 Å². The SMILES string of the molecule is CCCn1ccc(C(=O)Nc2cccc(Cl)c2)n1. The molecule has 1 heterocycles. The number of aryl methyl sites for hydroxylation is 1. The Balaban J connectivity index is 2.07. The van der Waals surface area contributed by atoms with Crippen molar-refractivity contribution in [3.05, 3.63) is 47.2 Å². The first kappa shape index (κ1) is 12.6. The zero-order valence-electron chi connectivity index (χ0n) is 10.1. The molecular formula is C13H14ClN3O. The number of hydrogen-bond acceptors (Lipinski definition) is 2. The average Bonchev–Trinajstić information content (AvgIpc) is 2.78. The molecule has 0 fully saturated rings. The molecule has 4 nitrogen and oxygen atoms in total. The van der Waals surface area contributed by atoms with Crippen LogP contribution in [0.3, 0.4) is 0 Å². The lowest BCUT2D eigenvalue weighted by Crippen LogP contribution is -2.13. The summed E-state index contributed by atoms with van der Waals surface area (Å²) in [6.45, 7) is 2.87. The third-order valence-electron chi connectivity index (χ3n) is 2.41. The standard InChI is InChI=1S/C13H14ClN3O/c1-2-7-17-8-6-12(16-17)13(18)15-11-5-3-4-10(14)9-11/h3-6,8-9H,2,7H2,1H3,(H,15,18). The summed E-state index contributed by atoms with van der Waals surface area (Å²) in [5.41, 5.74) is 1.07. The molecule has 0 atom stereocenters. The van der Waals surface area contributed by atoms with Gasteiger partial charge in [-0.3, -0.25) is 9.48 Å². The van der Waals surface area contributed by atoms with Gasteiger partial charge in [0.1, 0.15) is 0 Å². The molecular weight excluding hydrogens is 250 g/mol. The molecule has 1 aromatic carbocycles. The Labute approximate surface area is 111 Å². The summed E-state index contributed by atoms with van der Waals surface area (Å²) in [7, 11) is 0. The number of carbonyl (C=O) groups is 1. The molecule has 2 rings (SSSR count). The van der Waals surface area contributed by atoms with Crippen LogP contribution < -0.4 is 5.32 Å². The molecule has 0 spiro atoms. The number of nitrogens with zero attached hydrogens (tertiary/aromatic N) is 2. The Morgan fingerprint density at radius 1 is 1.44 bits per heavy atom. The third kappa shape index (κ3) is 3.11. The molecule has 0 aliphatic rings. The highest BCUT2D eigenvalue weighted by atomic mass is 35.5. The highest BCUT2D eigenvalue weighted by Crippen LogP contribution is 2.15. The molecule has 2 aromatic rings. The van der Waals surface area contributed by atoms with Crippen molar-refractivity contribution >= 4 is 23.2 Å². The maximum Gasteiger partial charge on any atom is 0.276 e. The monoisotopic (exact) mass is 263 g/mol. The largest absolute Gasteiger partial charge is 0.321 e. The smallest absolute Gasteiger partial charge is 0.276 e. The van der Waals surface area contributed by atoms with Crippen LogP contribution in [0.15, 0.2) is 36.5 Å². The average molecular weight is 264 g/mol. The molecule has 0 saturated carbocycles. The number of aromatic nitrogens is 2. The van der Waals surface area contributed by atoms with Crippen molar-refractivity contribution < 1.29 is 4.79 Å². The van der Waals surface area contributed by atoms with E-state index >= 15 is 0 Å². The van der Waals surface area contributed by atoms with Crippen LogP contribution in [-0.2, 0) is 6.54 Å². The van der Waals surface area contributed by atoms with Crippen LogP contribution in [0.5, 0.6) is 0 Å². The van der Waals surface area contributed by atoms with Gasteiger partial charge < -0.3 is 5.32 Å². The van der Waals surface area contributed by atoms with Gasteiger partial charge in [-0.2, -0.15) is 5.10 Å². The Morgan fingerprint density at radius 3 is 3.00 bits per heavy atom. The molecule has 0 unspecified atom stereocenters. The van der Waals surface area contributed by atoms with Gasteiger partial charge in [0, 0.05) is 23.5 Å². The maximum absolute atomic E-state index is 11.9. The lowest BCUT2D eigenvalue weighted by Gasteiger charge is -2.03. The van der Waals surface area contributed by atoms with E-state index in [1.54, 1.807) is 41.2 Å². The van der Waals surface area contributed by atoms with Crippen LogP contribution in [0.2, 0.25) is 5.02 Å². The predicted octanol–water partition coefficient (Wildman–Crippen LogP) is 3.20. The molecule has 1 aromatic heterocycles. The highest BCUT2D eigenvalue weighted by Gasteiger charge is 2.09. The fraction of sp³-hybridized carbons (Fsp3) is 0.231. The van der Waals surface area contributed by atoms with E-state index in [0.29, 0.717) is 16.4 Å². The maximum atomic E-state index is 11.9. The Kier molecular flexibility index (Phi) is 3.99. The van der Waals surface area contributed by atoms with Gasteiger partial charge in [0.15, 0.2) is 5.69 Å². The van der Waals surface area contributed by atoms with Crippen LogP contribution in [-0.4, -0.2) is 15.7 Å². The van der Waals surface area contributed by atoms with Crippen LogP contribution in [0.1, 0.15) is 23.8 Å².